The number of hydrogen-bond donors (Lipinski definition) is 0. The van der Waals surface area contributed by atoms with Gasteiger partial charge in [-0.05, 0) is 0 Å². The molecule has 0 unspecified atom stereocenters. The molecule has 52 valence electrons. The van der Waals surface area contributed by atoms with Crippen LogP contribution in [0.4, 0.5) is 0 Å². The third-order valence-electron chi connectivity index (χ3n) is 1.47. The molecule has 0 fully saturated rings. The number of hydroxylamine groups is 1. The summed E-state index contributed by atoms with van der Waals surface area (Å²) in [6, 6.07) is 0. The van der Waals surface area contributed by atoms with Gasteiger partial charge in [-0.2, -0.15) is 4.74 Å². The Bertz CT molecular complexity index is 160. The smallest absolute Gasteiger partial charge is 0.345 e. The number of ether oxygens (including phenoxy) is 1. The molecule has 0 aromatic carbocycles. The first-order chi connectivity index (χ1) is 4.04. The van der Waals surface area contributed by atoms with E-state index in [0.29, 0.717) is 12.5 Å². The minimum atomic E-state index is -0.357. The zero-order valence-corrected chi connectivity index (χ0v) is 5.97. The lowest BCUT2D eigenvalue weighted by Crippen LogP contribution is -2.31. The number of nitrogens with zero attached hydrogens (tertiary/aromatic N) is 1. The van der Waals surface area contributed by atoms with Crippen molar-refractivity contribution < 1.29 is 9.48 Å². The molecule has 3 nitrogen and oxygen atoms in total. The standard InChI is InChI=1S/C6H11NO2/c1-5-7(8)6(2,3)4-9-5/h4H2,1-3H3. The van der Waals surface area contributed by atoms with Gasteiger partial charge < -0.3 is 9.94 Å². The van der Waals surface area contributed by atoms with Crippen LogP contribution in [0.2, 0.25) is 0 Å². The molecule has 0 bridgehead atoms. The van der Waals surface area contributed by atoms with Gasteiger partial charge in [0.2, 0.25) is 5.54 Å². The molecule has 1 rings (SSSR count). The third-order valence-corrected chi connectivity index (χ3v) is 1.47. The van der Waals surface area contributed by atoms with Crippen molar-refractivity contribution >= 4 is 5.90 Å². The second kappa shape index (κ2) is 1.62. The first-order valence-electron chi connectivity index (χ1n) is 2.98. The normalized spacial score (nSPS) is 24.3. The minimum absolute atomic E-state index is 0.357. The van der Waals surface area contributed by atoms with E-state index in [1.54, 1.807) is 6.92 Å². The first-order valence-corrected chi connectivity index (χ1v) is 2.98. The van der Waals surface area contributed by atoms with Gasteiger partial charge in [-0.25, -0.2) is 0 Å². The fourth-order valence-corrected chi connectivity index (χ4v) is 0.825. The van der Waals surface area contributed by atoms with E-state index in [-0.39, 0.29) is 5.54 Å². The van der Waals surface area contributed by atoms with Gasteiger partial charge in [0.15, 0.2) is 6.61 Å². The van der Waals surface area contributed by atoms with Gasteiger partial charge in [-0.3, -0.25) is 0 Å². The summed E-state index contributed by atoms with van der Waals surface area (Å²) >= 11 is 0. The minimum Gasteiger partial charge on any atom is -0.621 e. The number of rotatable bonds is 0. The summed E-state index contributed by atoms with van der Waals surface area (Å²) in [6.07, 6.45) is 0. The van der Waals surface area contributed by atoms with E-state index in [1.807, 2.05) is 13.8 Å². The van der Waals surface area contributed by atoms with Crippen LogP contribution in [0.1, 0.15) is 20.8 Å². The molecule has 1 aliphatic heterocycles. The van der Waals surface area contributed by atoms with Crippen molar-refractivity contribution in [2.45, 2.75) is 26.3 Å². The van der Waals surface area contributed by atoms with Crippen LogP contribution in [-0.4, -0.2) is 22.8 Å². The van der Waals surface area contributed by atoms with Crippen LogP contribution in [0.5, 0.6) is 0 Å². The second-order valence-corrected chi connectivity index (χ2v) is 2.91. The fourth-order valence-electron chi connectivity index (χ4n) is 0.825. The molecule has 0 aromatic heterocycles. The van der Waals surface area contributed by atoms with Gasteiger partial charge in [0.25, 0.3) is 0 Å². The molecule has 0 radical (unpaired) electrons. The third kappa shape index (κ3) is 0.866. The Balaban J connectivity index is 2.88. The first kappa shape index (κ1) is 6.39. The summed E-state index contributed by atoms with van der Waals surface area (Å²) < 4.78 is 5.92. The van der Waals surface area contributed by atoms with Gasteiger partial charge in [-0.1, -0.05) is 0 Å². The predicted octanol–water partition coefficient (Wildman–Crippen LogP) is 0.724. The van der Waals surface area contributed by atoms with E-state index in [9.17, 15) is 5.21 Å². The summed E-state index contributed by atoms with van der Waals surface area (Å²) in [7, 11) is 0. The molecule has 0 saturated carbocycles. The Labute approximate surface area is 54.5 Å². The molecular formula is C6H11NO2. The summed E-state index contributed by atoms with van der Waals surface area (Å²) in [4.78, 5) is 0. The summed E-state index contributed by atoms with van der Waals surface area (Å²) in [5.74, 6) is 0.472. The van der Waals surface area contributed by atoms with Gasteiger partial charge in [0.05, 0.1) is 6.92 Å². The molecule has 0 spiro atoms. The van der Waals surface area contributed by atoms with Gasteiger partial charge in [-0.15, -0.1) is 0 Å². The maximum Gasteiger partial charge on any atom is 0.345 e. The van der Waals surface area contributed by atoms with E-state index in [2.05, 4.69) is 0 Å². The highest BCUT2D eigenvalue weighted by atomic mass is 16.6. The molecule has 0 aromatic rings. The van der Waals surface area contributed by atoms with E-state index >= 15 is 0 Å². The van der Waals surface area contributed by atoms with E-state index < -0.39 is 0 Å². The topological polar surface area (TPSA) is 35.3 Å². The van der Waals surface area contributed by atoms with E-state index in [0.717, 1.165) is 4.74 Å². The van der Waals surface area contributed by atoms with Crippen LogP contribution in [0.15, 0.2) is 0 Å². The predicted molar refractivity (Wildman–Crippen MR) is 34.3 cm³/mol. The molecule has 0 amide bonds. The van der Waals surface area contributed by atoms with Gasteiger partial charge in [0.1, 0.15) is 0 Å². The molecule has 0 saturated heterocycles. The van der Waals surface area contributed by atoms with E-state index in [1.165, 1.54) is 0 Å². The van der Waals surface area contributed by atoms with Gasteiger partial charge >= 0.3 is 5.90 Å². The Kier molecular flexibility index (Phi) is 1.15. The SMILES string of the molecule is CC1=[N+]([O-])C(C)(C)CO1. The molecule has 0 atom stereocenters. The van der Waals surface area contributed by atoms with E-state index in [4.69, 9.17) is 4.74 Å². The average Bonchev–Trinajstić information content (AvgIpc) is 1.97. The van der Waals surface area contributed by atoms with Crippen LogP contribution in [-0.2, 0) is 4.74 Å². The van der Waals surface area contributed by atoms with Crippen LogP contribution in [0, 0.1) is 5.21 Å². The van der Waals surface area contributed by atoms with Crippen LogP contribution in [0.25, 0.3) is 0 Å². The van der Waals surface area contributed by atoms with Crippen molar-refractivity contribution in [2.24, 2.45) is 0 Å². The maximum atomic E-state index is 11.0. The maximum absolute atomic E-state index is 11.0. The molecular weight excluding hydrogens is 118 g/mol. The summed E-state index contributed by atoms with van der Waals surface area (Å²) in [6.45, 7) is 5.90. The van der Waals surface area contributed by atoms with Crippen LogP contribution >= 0.6 is 0 Å². The summed E-state index contributed by atoms with van der Waals surface area (Å²) in [5.41, 5.74) is -0.357. The molecule has 9 heavy (non-hydrogen) atoms. The molecule has 1 aliphatic rings. The lowest BCUT2D eigenvalue weighted by atomic mass is 10.1. The summed E-state index contributed by atoms with van der Waals surface area (Å²) in [5, 5.41) is 11.0. The van der Waals surface area contributed by atoms with Crippen molar-refractivity contribution in [3.05, 3.63) is 5.21 Å². The van der Waals surface area contributed by atoms with Crippen molar-refractivity contribution in [2.75, 3.05) is 6.61 Å². The van der Waals surface area contributed by atoms with Crippen LogP contribution in [0.3, 0.4) is 0 Å². The second-order valence-electron chi connectivity index (χ2n) is 2.91. The van der Waals surface area contributed by atoms with Crippen molar-refractivity contribution in [1.82, 2.24) is 0 Å². The highest BCUT2D eigenvalue weighted by Crippen LogP contribution is 2.15. The highest BCUT2D eigenvalue weighted by molar-refractivity contribution is 5.69. The molecule has 0 N–H and O–H groups in total. The molecule has 0 aliphatic carbocycles. The largest absolute Gasteiger partial charge is 0.621 e. The Morgan fingerprint density at radius 3 is 2.33 bits per heavy atom. The van der Waals surface area contributed by atoms with Crippen molar-refractivity contribution in [3.63, 3.8) is 0 Å². The zero-order valence-electron chi connectivity index (χ0n) is 5.97. The van der Waals surface area contributed by atoms with Crippen molar-refractivity contribution in [1.29, 1.82) is 0 Å². The Hall–Kier alpha value is -0.730. The van der Waals surface area contributed by atoms with Crippen molar-refractivity contribution in [3.8, 4) is 0 Å². The quantitative estimate of drug-likeness (QED) is 0.357. The lowest BCUT2D eigenvalue weighted by Gasteiger charge is -2.13. The molecule has 1 heterocycles. The average molecular weight is 129 g/mol. The lowest BCUT2D eigenvalue weighted by molar-refractivity contribution is -0.527. The highest BCUT2D eigenvalue weighted by Gasteiger charge is 2.36. The zero-order chi connectivity index (χ0) is 7.07. The molecule has 3 heteroatoms. The fraction of sp³-hybridized carbons (Fsp3) is 0.833. The van der Waals surface area contributed by atoms with Crippen LogP contribution < -0.4 is 0 Å². The monoisotopic (exact) mass is 129 g/mol. The Morgan fingerprint density at radius 1 is 1.67 bits per heavy atom. The number of hydrogen-bond acceptors (Lipinski definition) is 2. The Morgan fingerprint density at radius 2 is 2.22 bits per heavy atom. The van der Waals surface area contributed by atoms with Gasteiger partial charge in [0, 0.05) is 13.8 Å².